The molecule has 10 heavy (non-hydrogen) atoms. The number of rotatable bonds is 1. The Balaban J connectivity index is 2.41. The van der Waals surface area contributed by atoms with Gasteiger partial charge in [-0.15, -0.1) is 0 Å². The van der Waals surface area contributed by atoms with E-state index in [-0.39, 0.29) is 0 Å². The maximum absolute atomic E-state index is 5.58. The van der Waals surface area contributed by atoms with E-state index in [4.69, 9.17) is 5.84 Å². The van der Waals surface area contributed by atoms with E-state index in [2.05, 4.69) is 6.92 Å². The molecule has 2 heteroatoms. The van der Waals surface area contributed by atoms with Crippen molar-refractivity contribution in [3.63, 3.8) is 0 Å². The Morgan fingerprint density at radius 2 is 1.60 bits per heavy atom. The molecule has 0 saturated heterocycles. The Kier molecular flexibility index (Phi) is 2.69. The van der Waals surface area contributed by atoms with Gasteiger partial charge in [0, 0.05) is 12.8 Å². The van der Waals surface area contributed by atoms with Crippen molar-refractivity contribution < 1.29 is 5.43 Å². The largest absolute Gasteiger partial charge is 0.267 e. The van der Waals surface area contributed by atoms with Crippen LogP contribution in [0, 0.1) is 0 Å². The van der Waals surface area contributed by atoms with Gasteiger partial charge in [0.1, 0.15) is 5.54 Å². The Bertz CT molecular complexity index is 93.4. The van der Waals surface area contributed by atoms with Gasteiger partial charge in [-0.2, -0.15) is 5.84 Å². The van der Waals surface area contributed by atoms with Crippen molar-refractivity contribution in [2.24, 2.45) is 5.84 Å². The molecule has 4 N–H and O–H groups in total. The van der Waals surface area contributed by atoms with Crippen molar-refractivity contribution >= 4 is 0 Å². The molecule has 1 aliphatic carbocycles. The van der Waals surface area contributed by atoms with Gasteiger partial charge in [0.15, 0.2) is 0 Å². The van der Waals surface area contributed by atoms with Crippen LogP contribution in [0.15, 0.2) is 0 Å². The van der Waals surface area contributed by atoms with Crippen LogP contribution in [0.1, 0.15) is 45.4 Å². The predicted molar refractivity (Wildman–Crippen MR) is 42.2 cm³/mol. The molecule has 0 heterocycles. The lowest BCUT2D eigenvalue weighted by Gasteiger charge is -2.22. The van der Waals surface area contributed by atoms with E-state index in [1.165, 1.54) is 38.5 Å². The highest BCUT2D eigenvalue weighted by Crippen LogP contribution is 2.22. The van der Waals surface area contributed by atoms with Gasteiger partial charge in [0.2, 0.25) is 0 Å². The lowest BCUT2D eigenvalue weighted by molar-refractivity contribution is -0.737. The molecule has 0 aromatic heterocycles. The summed E-state index contributed by atoms with van der Waals surface area (Å²) in [5, 5.41) is 0. The minimum atomic E-state index is 0.358. The number of hydrogen-bond donors (Lipinski definition) is 2. The van der Waals surface area contributed by atoms with E-state index in [0.717, 1.165) is 0 Å². The fraction of sp³-hybridized carbons (Fsp3) is 1.00. The molecule has 0 atom stereocenters. The maximum atomic E-state index is 5.58. The zero-order valence-corrected chi connectivity index (χ0v) is 6.90. The van der Waals surface area contributed by atoms with E-state index in [1.54, 1.807) is 0 Å². The lowest BCUT2D eigenvalue weighted by atomic mass is 9.94. The van der Waals surface area contributed by atoms with Crippen LogP contribution in [0.4, 0.5) is 0 Å². The molecule has 2 nitrogen and oxygen atoms in total. The zero-order chi connectivity index (χ0) is 7.45. The molecule has 1 saturated carbocycles. The highest BCUT2D eigenvalue weighted by Gasteiger charge is 2.27. The molecular formula is C8H19N2+. The van der Waals surface area contributed by atoms with Gasteiger partial charge >= 0.3 is 0 Å². The van der Waals surface area contributed by atoms with Crippen LogP contribution >= 0.6 is 0 Å². The van der Waals surface area contributed by atoms with Crippen LogP contribution in [-0.4, -0.2) is 5.54 Å². The molecular weight excluding hydrogens is 124 g/mol. The van der Waals surface area contributed by atoms with Crippen LogP contribution in [-0.2, 0) is 0 Å². The third kappa shape index (κ3) is 1.96. The van der Waals surface area contributed by atoms with Crippen LogP contribution in [0.25, 0.3) is 0 Å². The standard InChI is InChI=1S/C8H18N2/c1-8(10-9)6-4-2-3-5-7-8/h10H,2-7,9H2,1H3/p+1. The van der Waals surface area contributed by atoms with Crippen molar-refractivity contribution in [2.45, 2.75) is 51.0 Å². The van der Waals surface area contributed by atoms with Gasteiger partial charge in [0.05, 0.1) is 0 Å². The SMILES string of the molecule is CC1([NH2+]N)CCCCCC1. The van der Waals surface area contributed by atoms with Crippen LogP contribution in [0.5, 0.6) is 0 Å². The Hall–Kier alpha value is -0.0800. The quantitative estimate of drug-likeness (QED) is 0.314. The third-order valence-corrected chi connectivity index (χ3v) is 2.65. The summed E-state index contributed by atoms with van der Waals surface area (Å²) in [6.45, 7) is 2.28. The van der Waals surface area contributed by atoms with E-state index in [1.807, 2.05) is 5.43 Å². The van der Waals surface area contributed by atoms with Gasteiger partial charge in [0.25, 0.3) is 0 Å². The minimum absolute atomic E-state index is 0.358. The van der Waals surface area contributed by atoms with Crippen molar-refractivity contribution in [1.82, 2.24) is 0 Å². The highest BCUT2D eigenvalue weighted by atomic mass is 15.3. The molecule has 0 amide bonds. The van der Waals surface area contributed by atoms with Gasteiger partial charge < -0.3 is 0 Å². The summed E-state index contributed by atoms with van der Waals surface area (Å²) in [5.74, 6) is 5.58. The van der Waals surface area contributed by atoms with Crippen molar-refractivity contribution in [3.8, 4) is 0 Å². The van der Waals surface area contributed by atoms with E-state index in [0.29, 0.717) is 5.54 Å². The van der Waals surface area contributed by atoms with Gasteiger partial charge in [-0.25, -0.2) is 0 Å². The second kappa shape index (κ2) is 3.35. The monoisotopic (exact) mass is 143 g/mol. The van der Waals surface area contributed by atoms with Crippen LogP contribution in [0.3, 0.4) is 0 Å². The zero-order valence-electron chi connectivity index (χ0n) is 6.90. The van der Waals surface area contributed by atoms with Gasteiger partial charge in [-0.3, -0.25) is 5.43 Å². The molecule has 1 rings (SSSR count). The second-order valence-corrected chi connectivity index (χ2v) is 3.73. The van der Waals surface area contributed by atoms with E-state index in [9.17, 15) is 0 Å². The van der Waals surface area contributed by atoms with Crippen molar-refractivity contribution in [2.75, 3.05) is 0 Å². The molecule has 0 unspecified atom stereocenters. The number of nitrogens with two attached hydrogens (primary N) is 2. The van der Waals surface area contributed by atoms with Crippen LogP contribution in [0.2, 0.25) is 0 Å². The molecule has 0 aliphatic heterocycles. The third-order valence-electron chi connectivity index (χ3n) is 2.65. The van der Waals surface area contributed by atoms with Crippen LogP contribution < -0.4 is 11.3 Å². The molecule has 0 radical (unpaired) electrons. The summed E-state index contributed by atoms with van der Waals surface area (Å²) in [7, 11) is 0. The predicted octanol–water partition coefficient (Wildman–Crippen LogP) is 0.536. The summed E-state index contributed by atoms with van der Waals surface area (Å²) in [4.78, 5) is 0. The summed E-state index contributed by atoms with van der Waals surface area (Å²) in [5.41, 5.74) is 2.26. The normalized spacial score (nSPS) is 25.8. The average molecular weight is 143 g/mol. The molecule has 1 aliphatic rings. The lowest BCUT2D eigenvalue weighted by Crippen LogP contribution is -3.01. The Morgan fingerprint density at radius 3 is 2.00 bits per heavy atom. The Labute approximate surface area is 63.1 Å². The van der Waals surface area contributed by atoms with Crippen molar-refractivity contribution in [1.29, 1.82) is 0 Å². The fourth-order valence-corrected chi connectivity index (χ4v) is 1.70. The van der Waals surface area contributed by atoms with Crippen molar-refractivity contribution in [3.05, 3.63) is 0 Å². The first-order valence-corrected chi connectivity index (χ1v) is 4.33. The topological polar surface area (TPSA) is 42.6 Å². The maximum Gasteiger partial charge on any atom is 0.110 e. The first-order chi connectivity index (χ1) is 4.77. The summed E-state index contributed by atoms with van der Waals surface area (Å²) >= 11 is 0. The average Bonchev–Trinajstić information content (AvgIpc) is 2.15. The smallest absolute Gasteiger partial charge is 0.110 e. The molecule has 0 spiro atoms. The summed E-state index contributed by atoms with van der Waals surface area (Å²) in [6, 6.07) is 0. The second-order valence-electron chi connectivity index (χ2n) is 3.73. The molecule has 0 aromatic rings. The number of hydrogen-bond acceptors (Lipinski definition) is 1. The Morgan fingerprint density at radius 1 is 1.10 bits per heavy atom. The number of quaternary nitrogens is 1. The first kappa shape index (κ1) is 8.02. The van der Waals surface area contributed by atoms with Gasteiger partial charge in [-0.05, 0) is 19.8 Å². The summed E-state index contributed by atoms with van der Waals surface area (Å²) < 4.78 is 0. The molecule has 1 fully saturated rings. The molecule has 60 valence electrons. The van der Waals surface area contributed by atoms with E-state index < -0.39 is 0 Å². The van der Waals surface area contributed by atoms with Gasteiger partial charge in [-0.1, -0.05) is 12.8 Å². The fourth-order valence-electron chi connectivity index (χ4n) is 1.70. The molecule has 0 aromatic carbocycles. The summed E-state index contributed by atoms with van der Waals surface area (Å²) in [6.07, 6.45) is 8.13. The van der Waals surface area contributed by atoms with E-state index >= 15 is 0 Å². The highest BCUT2D eigenvalue weighted by molar-refractivity contribution is 4.73. The molecule has 0 bridgehead atoms. The minimum Gasteiger partial charge on any atom is -0.267 e. The first-order valence-electron chi connectivity index (χ1n) is 4.33.